The summed E-state index contributed by atoms with van der Waals surface area (Å²) < 4.78 is 15.4. The smallest absolute Gasteiger partial charge is 0.241 e. The van der Waals surface area contributed by atoms with Crippen molar-refractivity contribution in [3.63, 3.8) is 0 Å². The van der Waals surface area contributed by atoms with Crippen LogP contribution >= 0.6 is 0 Å². The Morgan fingerprint density at radius 1 is 1.33 bits per heavy atom. The number of likely N-dealkylation sites (N-methyl/N-ethyl adjacent to an activating group) is 1. The SMILES string of the molecule is Cc1cc(C)n(CCCNC(=O)[C@@H](c2cccc(F)c2)N(C)C)n1. The summed E-state index contributed by atoms with van der Waals surface area (Å²) in [6, 6.07) is 7.70. The fourth-order valence-corrected chi connectivity index (χ4v) is 2.80. The molecule has 0 aliphatic rings. The van der Waals surface area contributed by atoms with Crippen LogP contribution in [0.4, 0.5) is 4.39 Å². The van der Waals surface area contributed by atoms with E-state index in [-0.39, 0.29) is 11.7 Å². The van der Waals surface area contributed by atoms with Crippen LogP contribution in [0.1, 0.15) is 29.4 Å². The van der Waals surface area contributed by atoms with Crippen LogP contribution in [-0.2, 0) is 11.3 Å². The first-order valence-electron chi connectivity index (χ1n) is 8.09. The van der Waals surface area contributed by atoms with Crippen molar-refractivity contribution >= 4 is 5.91 Å². The molecular formula is C18H25FN4O. The van der Waals surface area contributed by atoms with Crippen LogP contribution in [0.15, 0.2) is 30.3 Å². The number of rotatable bonds is 7. The Hall–Kier alpha value is -2.21. The number of amides is 1. The fourth-order valence-electron chi connectivity index (χ4n) is 2.80. The zero-order chi connectivity index (χ0) is 17.7. The molecule has 1 heterocycles. The molecule has 0 aliphatic heterocycles. The second kappa shape index (κ2) is 8.06. The van der Waals surface area contributed by atoms with Crippen LogP contribution in [0.25, 0.3) is 0 Å². The van der Waals surface area contributed by atoms with E-state index < -0.39 is 6.04 Å². The maximum atomic E-state index is 13.4. The van der Waals surface area contributed by atoms with Gasteiger partial charge < -0.3 is 5.32 Å². The van der Waals surface area contributed by atoms with Gasteiger partial charge in [-0.05, 0) is 58.1 Å². The Bertz CT molecular complexity index is 696. The number of hydrogen-bond donors (Lipinski definition) is 1. The van der Waals surface area contributed by atoms with Crippen LogP contribution in [0.3, 0.4) is 0 Å². The Balaban J connectivity index is 1.90. The van der Waals surface area contributed by atoms with Crippen LogP contribution < -0.4 is 5.32 Å². The first kappa shape index (κ1) is 18.1. The highest BCUT2D eigenvalue weighted by atomic mass is 19.1. The molecule has 1 aromatic heterocycles. The molecule has 1 amide bonds. The number of nitrogens with one attached hydrogen (secondary N) is 1. The highest BCUT2D eigenvalue weighted by Crippen LogP contribution is 2.19. The zero-order valence-corrected chi connectivity index (χ0v) is 14.7. The number of carbonyl (C=O) groups excluding carboxylic acids is 1. The molecule has 2 aromatic rings. The van der Waals surface area contributed by atoms with E-state index in [4.69, 9.17) is 0 Å². The van der Waals surface area contributed by atoms with Gasteiger partial charge in [-0.15, -0.1) is 0 Å². The van der Waals surface area contributed by atoms with Crippen molar-refractivity contribution in [2.75, 3.05) is 20.6 Å². The van der Waals surface area contributed by atoms with E-state index in [0.717, 1.165) is 24.4 Å². The zero-order valence-electron chi connectivity index (χ0n) is 14.7. The van der Waals surface area contributed by atoms with Gasteiger partial charge in [-0.25, -0.2) is 4.39 Å². The number of aromatic nitrogens is 2. The number of hydrogen-bond acceptors (Lipinski definition) is 3. The lowest BCUT2D eigenvalue weighted by atomic mass is 10.1. The molecule has 6 heteroatoms. The van der Waals surface area contributed by atoms with E-state index in [1.165, 1.54) is 12.1 Å². The third-order valence-corrected chi connectivity index (χ3v) is 3.88. The number of carbonyl (C=O) groups is 1. The van der Waals surface area contributed by atoms with Crippen molar-refractivity contribution in [2.45, 2.75) is 32.9 Å². The lowest BCUT2D eigenvalue weighted by Crippen LogP contribution is -2.37. The van der Waals surface area contributed by atoms with Crippen molar-refractivity contribution in [1.29, 1.82) is 0 Å². The van der Waals surface area contributed by atoms with E-state index in [1.807, 2.05) is 38.7 Å². The molecule has 0 radical (unpaired) electrons. The summed E-state index contributed by atoms with van der Waals surface area (Å²) in [5, 5.41) is 7.34. The fraction of sp³-hybridized carbons (Fsp3) is 0.444. The molecule has 0 fully saturated rings. The van der Waals surface area contributed by atoms with Crippen LogP contribution in [0.2, 0.25) is 0 Å². The van der Waals surface area contributed by atoms with Crippen molar-refractivity contribution in [3.8, 4) is 0 Å². The molecule has 5 nitrogen and oxygen atoms in total. The van der Waals surface area contributed by atoms with Gasteiger partial charge in [0, 0.05) is 18.8 Å². The van der Waals surface area contributed by atoms with Gasteiger partial charge in [-0.1, -0.05) is 12.1 Å². The van der Waals surface area contributed by atoms with Crippen molar-refractivity contribution in [3.05, 3.63) is 53.1 Å². The predicted octanol–water partition coefficient (Wildman–Crippen LogP) is 2.45. The summed E-state index contributed by atoms with van der Waals surface area (Å²) in [5.41, 5.74) is 2.76. The van der Waals surface area contributed by atoms with Gasteiger partial charge in [0.05, 0.1) is 5.69 Å². The van der Waals surface area contributed by atoms with E-state index in [0.29, 0.717) is 12.1 Å². The maximum Gasteiger partial charge on any atom is 0.241 e. The Morgan fingerprint density at radius 3 is 2.67 bits per heavy atom. The minimum atomic E-state index is -0.505. The molecule has 0 saturated heterocycles. The summed E-state index contributed by atoms with van der Waals surface area (Å²) >= 11 is 0. The minimum absolute atomic E-state index is 0.126. The molecule has 0 aliphatic carbocycles. The Labute approximate surface area is 142 Å². The van der Waals surface area contributed by atoms with Crippen molar-refractivity contribution in [1.82, 2.24) is 20.0 Å². The van der Waals surface area contributed by atoms with Crippen LogP contribution in [-0.4, -0.2) is 41.2 Å². The number of halogens is 1. The third kappa shape index (κ3) is 4.64. The Kier molecular flexibility index (Phi) is 6.09. The molecule has 0 bridgehead atoms. The van der Waals surface area contributed by atoms with E-state index in [1.54, 1.807) is 17.0 Å². The molecule has 1 atom stereocenters. The highest BCUT2D eigenvalue weighted by Gasteiger charge is 2.22. The van der Waals surface area contributed by atoms with Gasteiger partial charge in [0.15, 0.2) is 0 Å². The van der Waals surface area contributed by atoms with Gasteiger partial charge in [0.2, 0.25) is 5.91 Å². The average Bonchev–Trinajstić information content (AvgIpc) is 2.81. The lowest BCUT2D eigenvalue weighted by molar-refractivity contribution is -0.125. The van der Waals surface area contributed by atoms with Crippen molar-refractivity contribution < 1.29 is 9.18 Å². The summed E-state index contributed by atoms with van der Waals surface area (Å²) in [4.78, 5) is 14.3. The monoisotopic (exact) mass is 332 g/mol. The lowest BCUT2D eigenvalue weighted by Gasteiger charge is -2.24. The number of nitrogens with zero attached hydrogens (tertiary/aromatic N) is 3. The van der Waals surface area contributed by atoms with Gasteiger partial charge in [-0.3, -0.25) is 14.4 Å². The second-order valence-electron chi connectivity index (χ2n) is 6.22. The first-order chi connectivity index (χ1) is 11.4. The van der Waals surface area contributed by atoms with E-state index in [2.05, 4.69) is 10.4 Å². The van der Waals surface area contributed by atoms with E-state index in [9.17, 15) is 9.18 Å². The molecule has 130 valence electrons. The van der Waals surface area contributed by atoms with Gasteiger partial charge >= 0.3 is 0 Å². The summed E-state index contributed by atoms with van der Waals surface area (Å²) in [5.74, 6) is -0.462. The average molecular weight is 332 g/mol. The van der Waals surface area contributed by atoms with Gasteiger partial charge in [-0.2, -0.15) is 5.10 Å². The van der Waals surface area contributed by atoms with E-state index >= 15 is 0 Å². The van der Waals surface area contributed by atoms with Gasteiger partial charge in [0.25, 0.3) is 0 Å². The largest absolute Gasteiger partial charge is 0.354 e. The third-order valence-electron chi connectivity index (χ3n) is 3.88. The molecule has 2 rings (SSSR count). The standard InChI is InChI=1S/C18H25FN4O/c1-13-11-14(2)23(21-13)10-6-9-20-18(24)17(22(3)4)15-7-5-8-16(19)12-15/h5,7-8,11-12,17H,6,9-10H2,1-4H3,(H,20,24)/t17-/m1/s1. The quantitative estimate of drug-likeness (QED) is 0.793. The highest BCUT2D eigenvalue weighted by molar-refractivity contribution is 5.83. The normalized spacial score (nSPS) is 12.4. The first-order valence-corrected chi connectivity index (χ1v) is 8.09. The molecule has 24 heavy (non-hydrogen) atoms. The Morgan fingerprint density at radius 2 is 2.08 bits per heavy atom. The summed E-state index contributed by atoms with van der Waals surface area (Å²) in [6.45, 7) is 5.29. The number of aryl methyl sites for hydroxylation is 3. The molecule has 0 unspecified atom stereocenters. The topological polar surface area (TPSA) is 50.2 Å². The molecule has 0 saturated carbocycles. The van der Waals surface area contributed by atoms with Crippen molar-refractivity contribution in [2.24, 2.45) is 0 Å². The van der Waals surface area contributed by atoms with Gasteiger partial charge in [0.1, 0.15) is 11.9 Å². The summed E-state index contributed by atoms with van der Waals surface area (Å²) in [7, 11) is 3.62. The number of benzene rings is 1. The van der Waals surface area contributed by atoms with Crippen LogP contribution in [0, 0.1) is 19.7 Å². The predicted molar refractivity (Wildman–Crippen MR) is 92.2 cm³/mol. The molecule has 0 spiro atoms. The molecule has 1 N–H and O–H groups in total. The minimum Gasteiger partial charge on any atom is -0.354 e. The van der Waals surface area contributed by atoms with Crippen LogP contribution in [0.5, 0.6) is 0 Å². The second-order valence-corrected chi connectivity index (χ2v) is 6.22. The molecule has 1 aromatic carbocycles. The maximum absolute atomic E-state index is 13.4. The molecular weight excluding hydrogens is 307 g/mol. The summed E-state index contributed by atoms with van der Waals surface area (Å²) in [6.07, 6.45) is 0.789.